The van der Waals surface area contributed by atoms with Crippen LogP contribution in [0.1, 0.15) is 98.6 Å². The number of ether oxygens (including phenoxy) is 2. The molecule has 2 aliphatic carbocycles. The molecule has 3 fully saturated rings. The summed E-state index contributed by atoms with van der Waals surface area (Å²) in [6.07, 6.45) is 6.35. The minimum atomic E-state index is -4.01. The third-order valence-corrected chi connectivity index (χ3v) is 14.6. The van der Waals surface area contributed by atoms with E-state index >= 15 is 4.79 Å². The first kappa shape index (κ1) is 39.8. The zero-order valence-electron chi connectivity index (χ0n) is 33.2. The number of hydrogen-bond acceptors (Lipinski definition) is 9. The molecule has 3 aliphatic heterocycles. The van der Waals surface area contributed by atoms with Crippen molar-refractivity contribution >= 4 is 44.6 Å². The number of carbonyl (C=O) groups is 4. The fourth-order valence-electron chi connectivity index (χ4n) is 8.81. The molecular weight excluding hydrogens is 739 g/mol. The van der Waals surface area contributed by atoms with Gasteiger partial charge in [0.25, 0.3) is 5.91 Å². The number of aromatic nitrogens is 1. The van der Waals surface area contributed by atoms with Crippen molar-refractivity contribution in [2.24, 2.45) is 17.8 Å². The molecule has 7 rings (SSSR count). The van der Waals surface area contributed by atoms with Crippen LogP contribution in [0.25, 0.3) is 10.8 Å². The van der Waals surface area contributed by atoms with E-state index in [-0.39, 0.29) is 25.3 Å². The van der Waals surface area contributed by atoms with Crippen molar-refractivity contribution < 1.29 is 42.2 Å². The normalized spacial score (nSPS) is 30.9. The van der Waals surface area contributed by atoms with Crippen LogP contribution in [-0.4, -0.2) is 99.3 Å². The number of hydrogen-bond donors (Lipinski definition) is 3. The Bertz CT molecular complexity index is 2060. The highest BCUT2D eigenvalue weighted by Crippen LogP contribution is 2.48. The summed E-state index contributed by atoms with van der Waals surface area (Å²) >= 11 is 0. The maximum absolute atomic E-state index is 15.1. The van der Waals surface area contributed by atoms with Crippen molar-refractivity contribution in [2.75, 3.05) is 13.2 Å². The van der Waals surface area contributed by atoms with E-state index in [1.807, 2.05) is 43.3 Å². The Hall–Kier alpha value is -4.40. The first-order valence-corrected chi connectivity index (χ1v) is 21.4. The van der Waals surface area contributed by atoms with Crippen LogP contribution >= 0.6 is 0 Å². The number of rotatable bonds is 6. The van der Waals surface area contributed by atoms with E-state index < -0.39 is 79.7 Å². The number of fused-ring (bicyclic) bond motifs is 5. The average Bonchev–Trinajstić information content (AvgIpc) is 4.01. The first-order chi connectivity index (χ1) is 26.3. The predicted octanol–water partition coefficient (Wildman–Crippen LogP) is 4.94. The van der Waals surface area contributed by atoms with Gasteiger partial charge in [-0.25, -0.2) is 18.2 Å². The molecule has 0 radical (unpaired) electrons. The molecule has 0 spiro atoms. The highest BCUT2D eigenvalue weighted by molar-refractivity contribution is 7.91. The number of benzene rings is 1. The second-order valence-corrected chi connectivity index (χ2v) is 20.1. The van der Waals surface area contributed by atoms with E-state index in [1.165, 1.54) is 9.80 Å². The number of aryl methyl sites for hydroxylation is 1. The van der Waals surface area contributed by atoms with Gasteiger partial charge in [0.1, 0.15) is 29.5 Å². The molecule has 5 aliphatic rings. The van der Waals surface area contributed by atoms with Crippen molar-refractivity contribution in [3.8, 4) is 11.6 Å². The first-order valence-electron chi connectivity index (χ1n) is 19.9. The van der Waals surface area contributed by atoms with Gasteiger partial charge in [-0.3, -0.25) is 24.0 Å². The smallest absolute Gasteiger partial charge is 0.408 e. The topological polar surface area (TPSA) is 185 Å². The van der Waals surface area contributed by atoms with Crippen LogP contribution in [0.15, 0.2) is 36.4 Å². The van der Waals surface area contributed by atoms with E-state index in [1.54, 1.807) is 27.7 Å². The van der Waals surface area contributed by atoms with Crippen LogP contribution in [0.2, 0.25) is 0 Å². The van der Waals surface area contributed by atoms with Crippen molar-refractivity contribution in [2.45, 2.75) is 133 Å². The fraction of sp³-hybridized carbons (Fsp3) is 0.634. The standard InChI is InChI=1S/C41H55N5O9S/c1-24-12-7-8-13-26-22-41(26,37(49)44-56(52,53)40(6)17-18-40)43-34(47)31-21-27(23-45(31)36(48)32(25(2)20-24)46(38(50)51)39(3,4)5)55-35-29-15-10-9-14-28(29)33-30(42-35)16-11-19-54-33/h8-10,13-15,24-27,31-32H,7,11-12,16-23H2,1-6H3,(H,43,47)(H,44,49)(H,50,51)/b13-8-/t24-,25+,26+,27+,31-,32-,41+/m0/s1. The molecular formula is C41H55N5O9S. The van der Waals surface area contributed by atoms with Crippen LogP contribution in [0.3, 0.4) is 0 Å². The van der Waals surface area contributed by atoms with Crippen molar-refractivity contribution in [3.63, 3.8) is 0 Å². The summed E-state index contributed by atoms with van der Waals surface area (Å²) in [6, 6.07) is 5.30. The largest absolute Gasteiger partial charge is 0.491 e. The zero-order valence-corrected chi connectivity index (χ0v) is 34.0. The fourth-order valence-corrected chi connectivity index (χ4v) is 10.1. The predicted molar refractivity (Wildman–Crippen MR) is 208 cm³/mol. The number of nitrogens with one attached hydrogen (secondary N) is 2. The van der Waals surface area contributed by atoms with E-state index in [0.29, 0.717) is 55.7 Å². The maximum atomic E-state index is 15.1. The summed E-state index contributed by atoms with van der Waals surface area (Å²) in [4.78, 5) is 64.2. The lowest BCUT2D eigenvalue weighted by molar-refractivity contribution is -0.146. The number of nitrogens with zero attached hydrogens (tertiary/aromatic N) is 3. The van der Waals surface area contributed by atoms with Crippen LogP contribution < -0.4 is 19.5 Å². The van der Waals surface area contributed by atoms with Crippen molar-refractivity contribution in [3.05, 3.63) is 42.1 Å². The van der Waals surface area contributed by atoms with Crippen LogP contribution in [0, 0.1) is 17.8 Å². The Morgan fingerprint density at radius 1 is 1.12 bits per heavy atom. The maximum Gasteiger partial charge on any atom is 0.408 e. The number of pyridine rings is 1. The van der Waals surface area contributed by atoms with Gasteiger partial charge in [0.05, 0.1) is 23.6 Å². The lowest BCUT2D eigenvalue weighted by Crippen LogP contribution is -2.62. The van der Waals surface area contributed by atoms with Gasteiger partial charge in [0, 0.05) is 28.7 Å². The van der Waals surface area contributed by atoms with Gasteiger partial charge in [0.15, 0.2) is 0 Å². The summed E-state index contributed by atoms with van der Waals surface area (Å²) in [5.74, 6) is -1.70. The molecule has 56 heavy (non-hydrogen) atoms. The Balaban J connectivity index is 1.27. The number of amides is 4. The number of carboxylic acid groups (broad SMARTS) is 1. The molecule has 304 valence electrons. The minimum Gasteiger partial charge on any atom is -0.491 e. The van der Waals surface area contributed by atoms with Crippen LogP contribution in [0.5, 0.6) is 11.6 Å². The third kappa shape index (κ3) is 7.43. The summed E-state index contributed by atoms with van der Waals surface area (Å²) < 4.78 is 40.3. The molecule has 15 heteroatoms. The van der Waals surface area contributed by atoms with Crippen LogP contribution in [0.4, 0.5) is 4.79 Å². The van der Waals surface area contributed by atoms with Crippen molar-refractivity contribution in [1.82, 2.24) is 24.8 Å². The lowest BCUT2D eigenvalue weighted by Gasteiger charge is -2.43. The summed E-state index contributed by atoms with van der Waals surface area (Å²) in [5.41, 5.74) is -1.76. The second kappa shape index (κ2) is 14.5. The molecule has 1 aromatic heterocycles. The highest BCUT2D eigenvalue weighted by Gasteiger charge is 2.63. The summed E-state index contributed by atoms with van der Waals surface area (Å²) in [7, 11) is -4.01. The molecule has 2 saturated carbocycles. The number of carbonyl (C=O) groups excluding carboxylic acids is 3. The monoisotopic (exact) mass is 793 g/mol. The van der Waals surface area contributed by atoms with Gasteiger partial charge >= 0.3 is 6.09 Å². The van der Waals surface area contributed by atoms with Gasteiger partial charge in [-0.1, -0.05) is 44.2 Å². The van der Waals surface area contributed by atoms with E-state index in [9.17, 15) is 27.9 Å². The van der Waals surface area contributed by atoms with Crippen molar-refractivity contribution in [1.29, 1.82) is 0 Å². The molecule has 4 amide bonds. The average molecular weight is 794 g/mol. The van der Waals surface area contributed by atoms with E-state index in [2.05, 4.69) is 17.0 Å². The third-order valence-electron chi connectivity index (χ3n) is 12.4. The molecule has 0 bridgehead atoms. The molecule has 4 heterocycles. The number of allylic oxidation sites excluding steroid dienone is 1. The molecule has 14 nitrogen and oxygen atoms in total. The molecule has 3 N–H and O–H groups in total. The Kier molecular flexibility index (Phi) is 10.3. The van der Waals surface area contributed by atoms with Gasteiger partial charge in [0.2, 0.25) is 27.7 Å². The lowest BCUT2D eigenvalue weighted by atomic mass is 9.85. The molecule has 2 aromatic rings. The van der Waals surface area contributed by atoms with Crippen LogP contribution in [-0.2, 0) is 30.8 Å². The number of sulfonamides is 1. The zero-order chi connectivity index (χ0) is 40.4. The van der Waals surface area contributed by atoms with Gasteiger partial charge in [-0.05, 0) is 97.0 Å². The van der Waals surface area contributed by atoms with E-state index in [4.69, 9.17) is 14.5 Å². The summed E-state index contributed by atoms with van der Waals surface area (Å²) in [6.45, 7) is 11.3. The summed E-state index contributed by atoms with van der Waals surface area (Å²) in [5, 5.41) is 15.1. The van der Waals surface area contributed by atoms with Gasteiger partial charge in [-0.15, -0.1) is 0 Å². The SMILES string of the molecule is C[C@H]1CC/C=C\[C@@H]2C[C@@]2(C(=O)NS(=O)(=O)C2(C)CC2)NC(=O)[C@@H]2C[C@@H](Oc3nc4c(c5ccccc35)OCCC4)CN2C(=O)[C@@H](N(C(=O)O)C(C)(C)C)[C@H](C)C1. The molecule has 0 unspecified atom stereocenters. The van der Waals surface area contributed by atoms with Gasteiger partial charge < -0.3 is 24.8 Å². The quantitative estimate of drug-likeness (QED) is 0.339. The molecule has 1 aromatic carbocycles. The molecule has 1 saturated heterocycles. The van der Waals surface area contributed by atoms with Gasteiger partial charge in [-0.2, -0.15) is 0 Å². The Labute approximate surface area is 328 Å². The molecule has 7 atom stereocenters. The Morgan fingerprint density at radius 2 is 1.84 bits per heavy atom. The van der Waals surface area contributed by atoms with E-state index in [0.717, 1.165) is 23.9 Å². The Morgan fingerprint density at radius 3 is 2.52 bits per heavy atom. The second-order valence-electron chi connectivity index (χ2n) is 17.9. The highest BCUT2D eigenvalue weighted by atomic mass is 32.2. The minimum absolute atomic E-state index is 0.0236.